The van der Waals surface area contributed by atoms with E-state index in [-0.39, 0.29) is 24.2 Å². The molecule has 1 N–H and O–H groups in total. The highest BCUT2D eigenvalue weighted by atomic mass is 79.9. The highest BCUT2D eigenvalue weighted by molar-refractivity contribution is 9.11. The monoisotopic (exact) mass is 404 g/mol. The number of phenolic OH excluding ortho intramolecular Hbond substituents is 1. The molecule has 0 aliphatic carbocycles. The number of aromatic hydroxyl groups is 1. The molecular formula is C13H14Br2N2O3. The standard InChI is InChI=1S/C13H14Br2N2O3/c1-16(7-17-11(18)2-3-12(17)19)6-8-4-9(14)5-10(15)13(8)20/h4-5,20H,2-3,6-7H2,1H3. The molecule has 7 heteroatoms. The minimum absolute atomic E-state index is 0.138. The molecule has 2 rings (SSSR count). The molecule has 0 atom stereocenters. The van der Waals surface area contributed by atoms with Gasteiger partial charge in [-0.1, -0.05) is 15.9 Å². The Morgan fingerprint density at radius 2 is 1.85 bits per heavy atom. The van der Waals surface area contributed by atoms with E-state index in [1.807, 2.05) is 11.0 Å². The molecule has 1 aromatic rings. The molecule has 2 amide bonds. The van der Waals surface area contributed by atoms with Gasteiger partial charge >= 0.3 is 0 Å². The van der Waals surface area contributed by atoms with Gasteiger partial charge in [-0.2, -0.15) is 0 Å². The van der Waals surface area contributed by atoms with Crippen molar-refractivity contribution in [3.05, 3.63) is 26.6 Å². The van der Waals surface area contributed by atoms with Crippen LogP contribution in [-0.4, -0.2) is 40.4 Å². The fourth-order valence-electron chi connectivity index (χ4n) is 2.10. The Hall–Kier alpha value is -0.920. The van der Waals surface area contributed by atoms with E-state index in [1.165, 1.54) is 4.90 Å². The number of hydrogen-bond donors (Lipinski definition) is 1. The third-order valence-electron chi connectivity index (χ3n) is 3.09. The molecule has 108 valence electrons. The van der Waals surface area contributed by atoms with E-state index >= 15 is 0 Å². The number of carbonyl (C=O) groups excluding carboxylic acids is 2. The average Bonchev–Trinajstić information content (AvgIpc) is 2.67. The molecule has 0 radical (unpaired) electrons. The van der Waals surface area contributed by atoms with Crippen molar-refractivity contribution in [3.63, 3.8) is 0 Å². The van der Waals surface area contributed by atoms with Crippen molar-refractivity contribution in [2.75, 3.05) is 13.7 Å². The van der Waals surface area contributed by atoms with Crippen molar-refractivity contribution in [2.24, 2.45) is 0 Å². The summed E-state index contributed by atoms with van der Waals surface area (Å²) < 4.78 is 1.45. The van der Waals surface area contributed by atoms with Crippen molar-refractivity contribution in [2.45, 2.75) is 19.4 Å². The van der Waals surface area contributed by atoms with Gasteiger partial charge in [-0.25, -0.2) is 0 Å². The first kappa shape index (κ1) is 15.5. The summed E-state index contributed by atoms with van der Waals surface area (Å²) in [5, 5.41) is 9.99. The molecule has 20 heavy (non-hydrogen) atoms. The highest BCUT2D eigenvalue weighted by Gasteiger charge is 2.29. The fourth-order valence-corrected chi connectivity index (χ4v) is 3.42. The molecule has 0 unspecified atom stereocenters. The van der Waals surface area contributed by atoms with Crippen molar-refractivity contribution in [3.8, 4) is 5.75 Å². The molecular weight excluding hydrogens is 392 g/mol. The van der Waals surface area contributed by atoms with E-state index in [0.29, 0.717) is 29.4 Å². The van der Waals surface area contributed by atoms with Crippen LogP contribution in [0.2, 0.25) is 0 Å². The number of likely N-dealkylation sites (tertiary alicyclic amines) is 1. The minimum atomic E-state index is -0.138. The number of rotatable bonds is 4. The molecule has 1 aliphatic heterocycles. The number of benzene rings is 1. The number of amides is 2. The van der Waals surface area contributed by atoms with Gasteiger partial charge in [0, 0.05) is 29.4 Å². The molecule has 1 fully saturated rings. The molecule has 0 aromatic heterocycles. The van der Waals surface area contributed by atoms with Gasteiger partial charge in [-0.15, -0.1) is 0 Å². The van der Waals surface area contributed by atoms with Crippen LogP contribution in [0.3, 0.4) is 0 Å². The second-order valence-corrected chi connectivity index (χ2v) is 6.54. The van der Waals surface area contributed by atoms with Crippen LogP contribution in [0.1, 0.15) is 18.4 Å². The van der Waals surface area contributed by atoms with E-state index in [0.717, 1.165) is 4.47 Å². The lowest BCUT2D eigenvalue weighted by atomic mass is 10.2. The normalized spacial score (nSPS) is 15.5. The summed E-state index contributed by atoms with van der Waals surface area (Å²) in [6.45, 7) is 0.669. The maximum absolute atomic E-state index is 11.6. The first-order chi connectivity index (χ1) is 9.38. The van der Waals surface area contributed by atoms with Gasteiger partial charge in [-0.05, 0) is 35.1 Å². The Morgan fingerprint density at radius 3 is 2.45 bits per heavy atom. The van der Waals surface area contributed by atoms with Crippen molar-refractivity contribution < 1.29 is 14.7 Å². The van der Waals surface area contributed by atoms with Gasteiger partial charge in [0.15, 0.2) is 0 Å². The van der Waals surface area contributed by atoms with E-state index in [1.54, 1.807) is 13.1 Å². The summed E-state index contributed by atoms with van der Waals surface area (Å²) in [4.78, 5) is 26.2. The number of nitrogens with zero attached hydrogens (tertiary/aromatic N) is 2. The van der Waals surface area contributed by atoms with Crippen molar-refractivity contribution >= 4 is 43.7 Å². The van der Waals surface area contributed by atoms with Gasteiger partial charge < -0.3 is 5.11 Å². The summed E-state index contributed by atoms with van der Waals surface area (Å²) in [6, 6.07) is 3.57. The lowest BCUT2D eigenvalue weighted by Gasteiger charge is -2.23. The van der Waals surface area contributed by atoms with Gasteiger partial charge in [0.05, 0.1) is 11.1 Å². The van der Waals surface area contributed by atoms with Gasteiger partial charge in [-0.3, -0.25) is 19.4 Å². The Labute approximate surface area is 133 Å². The maximum atomic E-state index is 11.6. The third kappa shape index (κ3) is 3.39. The number of phenols is 1. The van der Waals surface area contributed by atoms with E-state index < -0.39 is 0 Å². The van der Waals surface area contributed by atoms with Crippen LogP contribution < -0.4 is 0 Å². The molecule has 1 aromatic carbocycles. The number of halogens is 2. The fraction of sp³-hybridized carbons (Fsp3) is 0.385. The lowest BCUT2D eigenvalue weighted by molar-refractivity contribution is -0.140. The van der Waals surface area contributed by atoms with Crippen molar-refractivity contribution in [1.29, 1.82) is 0 Å². The van der Waals surface area contributed by atoms with Crippen LogP contribution in [0, 0.1) is 0 Å². The molecule has 5 nitrogen and oxygen atoms in total. The highest BCUT2D eigenvalue weighted by Crippen LogP contribution is 2.32. The van der Waals surface area contributed by atoms with Crippen LogP contribution >= 0.6 is 31.9 Å². The average molecular weight is 406 g/mol. The zero-order chi connectivity index (χ0) is 14.9. The second kappa shape index (κ2) is 6.24. The van der Waals surface area contributed by atoms with E-state index in [9.17, 15) is 14.7 Å². The summed E-state index contributed by atoms with van der Waals surface area (Å²) in [5.74, 6) is -0.109. The Morgan fingerprint density at radius 1 is 1.25 bits per heavy atom. The van der Waals surface area contributed by atoms with Crippen LogP contribution in [0.4, 0.5) is 0 Å². The second-order valence-electron chi connectivity index (χ2n) is 4.77. The molecule has 0 spiro atoms. The predicted molar refractivity (Wildman–Crippen MR) is 80.9 cm³/mol. The predicted octanol–water partition coefficient (Wildman–Crippen LogP) is 2.46. The number of carbonyl (C=O) groups is 2. The van der Waals surface area contributed by atoms with Gasteiger partial charge in [0.1, 0.15) is 5.75 Å². The summed E-state index contributed by atoms with van der Waals surface area (Å²) in [6.07, 6.45) is 0.584. The summed E-state index contributed by atoms with van der Waals surface area (Å²) in [7, 11) is 1.80. The number of hydrogen-bond acceptors (Lipinski definition) is 4. The Kier molecular flexibility index (Phi) is 4.82. The van der Waals surface area contributed by atoms with Crippen LogP contribution in [0.5, 0.6) is 5.75 Å². The zero-order valence-electron chi connectivity index (χ0n) is 10.9. The Bertz CT molecular complexity index is 547. The molecule has 1 saturated heterocycles. The first-order valence-electron chi connectivity index (χ1n) is 6.07. The van der Waals surface area contributed by atoms with Crippen molar-refractivity contribution in [1.82, 2.24) is 9.80 Å². The summed E-state index contributed by atoms with van der Waals surface area (Å²) in [5.41, 5.74) is 0.716. The summed E-state index contributed by atoms with van der Waals surface area (Å²) >= 11 is 6.64. The molecule has 0 bridgehead atoms. The first-order valence-corrected chi connectivity index (χ1v) is 7.65. The maximum Gasteiger partial charge on any atom is 0.230 e. The van der Waals surface area contributed by atoms with Gasteiger partial charge in [0.25, 0.3) is 0 Å². The number of imide groups is 1. The third-order valence-corrected chi connectivity index (χ3v) is 4.15. The Balaban J connectivity index is 2.07. The zero-order valence-corrected chi connectivity index (χ0v) is 14.1. The quantitative estimate of drug-likeness (QED) is 0.781. The molecule has 1 aliphatic rings. The molecule has 1 heterocycles. The lowest BCUT2D eigenvalue weighted by Crippen LogP contribution is -2.38. The largest absolute Gasteiger partial charge is 0.506 e. The smallest absolute Gasteiger partial charge is 0.230 e. The van der Waals surface area contributed by atoms with Crippen LogP contribution in [-0.2, 0) is 16.1 Å². The van der Waals surface area contributed by atoms with Crippen LogP contribution in [0.15, 0.2) is 21.1 Å². The van der Waals surface area contributed by atoms with Gasteiger partial charge in [0.2, 0.25) is 11.8 Å². The van der Waals surface area contributed by atoms with Crippen LogP contribution in [0.25, 0.3) is 0 Å². The SMILES string of the molecule is CN(Cc1cc(Br)cc(Br)c1O)CN1C(=O)CCC1=O. The molecule has 0 saturated carbocycles. The van der Waals surface area contributed by atoms with E-state index in [2.05, 4.69) is 31.9 Å². The van der Waals surface area contributed by atoms with E-state index in [4.69, 9.17) is 0 Å². The topological polar surface area (TPSA) is 60.9 Å². The minimum Gasteiger partial charge on any atom is -0.506 e.